The van der Waals surface area contributed by atoms with E-state index in [9.17, 15) is 26.9 Å². The van der Waals surface area contributed by atoms with Crippen molar-refractivity contribution in [3.63, 3.8) is 0 Å². The normalized spacial score (nSPS) is 17.0. The summed E-state index contributed by atoms with van der Waals surface area (Å²) in [4.78, 5) is 11.8. The number of rotatable bonds is 9. The summed E-state index contributed by atoms with van der Waals surface area (Å²) in [5.74, 6) is 0.653. The van der Waals surface area contributed by atoms with E-state index in [2.05, 4.69) is 5.32 Å². The second-order valence-corrected chi connectivity index (χ2v) is 19.9. The van der Waals surface area contributed by atoms with Gasteiger partial charge >= 0.3 is 6.09 Å². The molecule has 4 aromatic rings. The lowest BCUT2D eigenvalue weighted by Gasteiger charge is -2.22. The second-order valence-electron chi connectivity index (χ2n) is 14.4. The fraction of sp³-hybridized carbons (Fsp3) is 0.308. The van der Waals surface area contributed by atoms with Gasteiger partial charge in [-0.15, -0.1) is 12.4 Å². The first-order valence-corrected chi connectivity index (χ1v) is 22.2. The van der Waals surface area contributed by atoms with Gasteiger partial charge in [-0.05, 0) is 106 Å². The van der Waals surface area contributed by atoms with Crippen molar-refractivity contribution in [2.24, 2.45) is 5.73 Å². The number of ether oxygens (including phenoxy) is 3. The minimum atomic E-state index is -4.05. The van der Waals surface area contributed by atoms with Crippen molar-refractivity contribution in [1.29, 1.82) is 10.5 Å². The molecule has 0 saturated carbocycles. The molecule has 2 aliphatic heterocycles. The summed E-state index contributed by atoms with van der Waals surface area (Å²) in [5, 5.41) is 22.5. The van der Waals surface area contributed by atoms with Crippen LogP contribution in [0.3, 0.4) is 0 Å². The van der Waals surface area contributed by atoms with Crippen LogP contribution in [0.25, 0.3) is 0 Å². The molecular weight excluding hydrogens is 922 g/mol. The van der Waals surface area contributed by atoms with E-state index in [1.165, 1.54) is 81.4 Å². The van der Waals surface area contributed by atoms with E-state index >= 15 is 0 Å². The number of benzene rings is 4. The predicted octanol–water partition coefficient (Wildman–Crippen LogP) is 8.75. The van der Waals surface area contributed by atoms with Crippen LogP contribution in [-0.4, -0.2) is 75.4 Å². The number of nitrogens with one attached hydrogen (secondary N) is 1. The summed E-state index contributed by atoms with van der Waals surface area (Å²) in [6.45, 7) is 6.02. The molecular formula is C39H39Cl5N6O8S2. The van der Waals surface area contributed by atoms with Crippen molar-refractivity contribution in [3.05, 3.63) is 104 Å². The van der Waals surface area contributed by atoms with Crippen LogP contribution in [0, 0.1) is 22.7 Å². The highest BCUT2D eigenvalue weighted by molar-refractivity contribution is 7.89. The quantitative estimate of drug-likeness (QED) is 0.162. The summed E-state index contributed by atoms with van der Waals surface area (Å²) >= 11 is 24.0. The molecule has 0 aromatic heterocycles. The average Bonchev–Trinajstić information content (AvgIpc) is 3.80. The number of amides is 1. The monoisotopic (exact) mass is 958 g/mol. The van der Waals surface area contributed by atoms with E-state index in [1.54, 1.807) is 20.8 Å². The van der Waals surface area contributed by atoms with Crippen LogP contribution in [0.2, 0.25) is 20.1 Å². The maximum Gasteiger partial charge on any atom is 0.407 e. The number of alkyl carbamates (subject to hydrolysis) is 1. The zero-order valence-corrected chi connectivity index (χ0v) is 37.7. The summed E-state index contributed by atoms with van der Waals surface area (Å²) in [6, 6.07) is 20.7. The van der Waals surface area contributed by atoms with Gasteiger partial charge in [-0.2, -0.15) is 19.1 Å². The molecule has 4 aromatic carbocycles. The molecule has 14 nitrogen and oxygen atoms in total. The molecule has 6 rings (SSSR count). The van der Waals surface area contributed by atoms with E-state index in [0.29, 0.717) is 45.2 Å². The number of nitrogens with zero attached hydrogens (tertiary/aromatic N) is 4. The SMILES string of the molecule is CC(C)(C)OC(=O)N[C@H]1CCN(S(=O)(=O)c2cc(C#N)ccc2Oc2cc(Cl)cc(Cl)c2)C1.Cl.N#Cc1ccc(Oc2cc(Cl)cc(Cl)c2)c(S(=O)(=O)N2CC[C@H](N)C2)c1. The number of nitrogens with two attached hydrogens (primary N) is 1. The van der Waals surface area contributed by atoms with Crippen molar-refractivity contribution >= 4 is 85.0 Å². The number of sulfonamides is 2. The summed E-state index contributed by atoms with van der Waals surface area (Å²) < 4.78 is 72.2. The Hall–Kier alpha value is -4.04. The molecule has 0 unspecified atom stereocenters. The van der Waals surface area contributed by atoms with Crippen LogP contribution in [-0.2, 0) is 24.8 Å². The van der Waals surface area contributed by atoms with Crippen molar-refractivity contribution in [2.45, 2.75) is 61.1 Å². The smallest absolute Gasteiger partial charge is 0.407 e. The van der Waals surface area contributed by atoms with E-state index < -0.39 is 37.8 Å². The maximum atomic E-state index is 13.4. The zero-order valence-electron chi connectivity index (χ0n) is 32.2. The Morgan fingerprint density at radius 2 is 1.13 bits per heavy atom. The van der Waals surface area contributed by atoms with Gasteiger partial charge in [-0.25, -0.2) is 21.6 Å². The third-order valence-corrected chi connectivity index (χ3v) is 13.2. The lowest BCUT2D eigenvalue weighted by molar-refractivity contribution is 0.0507. The molecule has 2 saturated heterocycles. The molecule has 0 aliphatic carbocycles. The van der Waals surface area contributed by atoms with Crippen LogP contribution < -0.4 is 20.5 Å². The van der Waals surface area contributed by atoms with Gasteiger partial charge < -0.3 is 25.3 Å². The molecule has 2 atom stereocenters. The van der Waals surface area contributed by atoms with E-state index in [1.807, 2.05) is 12.1 Å². The first-order valence-electron chi connectivity index (χ1n) is 17.8. The van der Waals surface area contributed by atoms with E-state index in [0.717, 1.165) is 0 Å². The Bertz CT molecular complexity index is 2510. The molecule has 0 radical (unpaired) electrons. The second kappa shape index (κ2) is 20.2. The van der Waals surface area contributed by atoms with Crippen LogP contribution >= 0.6 is 58.8 Å². The third kappa shape index (κ3) is 12.7. The van der Waals surface area contributed by atoms with Crippen LogP contribution in [0.5, 0.6) is 23.0 Å². The fourth-order valence-electron chi connectivity index (χ4n) is 5.94. The predicted molar refractivity (Wildman–Crippen MR) is 231 cm³/mol. The van der Waals surface area contributed by atoms with Gasteiger partial charge in [0.05, 0.1) is 23.3 Å². The summed E-state index contributed by atoms with van der Waals surface area (Å²) in [7, 11) is -7.91. The molecule has 1 amide bonds. The van der Waals surface area contributed by atoms with E-state index in [4.69, 9.17) is 71.6 Å². The molecule has 2 heterocycles. The molecule has 320 valence electrons. The number of carbonyl (C=O) groups excluding carboxylic acids is 1. The van der Waals surface area contributed by atoms with Gasteiger partial charge in [-0.1, -0.05) is 46.4 Å². The standard InChI is InChI=1S/C22H23Cl2N3O5S.C17H15Cl2N3O3S.ClH/c1-22(2,3)32-21(28)26-17-6-7-27(13-17)33(29,30)20-8-14(12-25)4-5-19(20)31-18-10-15(23)9-16(24)11-18;18-12-6-13(19)8-15(7-12)25-16-2-1-11(9-20)5-17(16)26(23,24)22-4-3-14(21)10-22;/h4-5,8-11,17H,6-7,13H2,1-3H3,(H,26,28);1-2,5-8,14H,3-4,10,21H2;1H/t17-;14-;/m00./s1. The molecule has 21 heteroatoms. The third-order valence-electron chi connectivity index (χ3n) is 8.57. The minimum Gasteiger partial charge on any atom is -0.456 e. The highest BCUT2D eigenvalue weighted by atomic mass is 35.5. The maximum absolute atomic E-state index is 13.4. The first-order chi connectivity index (χ1) is 27.7. The lowest BCUT2D eigenvalue weighted by Crippen LogP contribution is -2.41. The Balaban J connectivity index is 0.000000267. The Kier molecular flexibility index (Phi) is 16.4. The van der Waals surface area contributed by atoms with Gasteiger partial charge in [0.1, 0.15) is 38.4 Å². The van der Waals surface area contributed by atoms with Crippen LogP contribution in [0.15, 0.2) is 82.6 Å². The van der Waals surface area contributed by atoms with Crippen molar-refractivity contribution < 1.29 is 35.8 Å². The minimum absolute atomic E-state index is 0. The summed E-state index contributed by atoms with van der Waals surface area (Å²) in [6.07, 6.45) is 0.383. The zero-order chi connectivity index (χ0) is 43.3. The first kappa shape index (κ1) is 48.6. The van der Waals surface area contributed by atoms with Gasteiger partial charge in [0, 0.05) is 58.4 Å². The number of carbonyl (C=O) groups is 1. The van der Waals surface area contributed by atoms with Crippen LogP contribution in [0.1, 0.15) is 44.7 Å². The molecule has 0 bridgehead atoms. The molecule has 0 spiro atoms. The van der Waals surface area contributed by atoms with Crippen LogP contribution in [0.4, 0.5) is 4.79 Å². The Morgan fingerprint density at radius 1 is 0.717 bits per heavy atom. The van der Waals surface area contributed by atoms with Crippen molar-refractivity contribution in [1.82, 2.24) is 13.9 Å². The van der Waals surface area contributed by atoms with Crippen molar-refractivity contribution in [3.8, 4) is 35.1 Å². The summed E-state index contributed by atoms with van der Waals surface area (Å²) in [5.41, 5.74) is 5.54. The largest absolute Gasteiger partial charge is 0.456 e. The molecule has 60 heavy (non-hydrogen) atoms. The number of nitriles is 2. The van der Waals surface area contributed by atoms with Gasteiger partial charge in [0.15, 0.2) is 0 Å². The van der Waals surface area contributed by atoms with E-state index in [-0.39, 0.29) is 76.2 Å². The Morgan fingerprint density at radius 3 is 1.52 bits per heavy atom. The topological polar surface area (TPSA) is 205 Å². The van der Waals surface area contributed by atoms with Gasteiger partial charge in [0.25, 0.3) is 0 Å². The average molecular weight is 961 g/mol. The van der Waals surface area contributed by atoms with Crippen molar-refractivity contribution in [2.75, 3.05) is 26.2 Å². The van der Waals surface area contributed by atoms with Gasteiger partial charge in [0.2, 0.25) is 20.0 Å². The molecule has 2 aliphatic rings. The highest BCUT2D eigenvalue weighted by Crippen LogP contribution is 2.37. The highest BCUT2D eigenvalue weighted by Gasteiger charge is 2.36. The lowest BCUT2D eigenvalue weighted by atomic mass is 10.2. The molecule has 2 fully saturated rings. The van der Waals surface area contributed by atoms with Gasteiger partial charge in [-0.3, -0.25) is 0 Å². The fourth-order valence-corrected chi connectivity index (χ4v) is 10.2. The Labute approximate surface area is 375 Å². The molecule has 3 N–H and O–H groups in total. The number of halogens is 5. The number of hydrogen-bond acceptors (Lipinski definition) is 11. The number of hydrogen-bond donors (Lipinski definition) is 2.